The molecule has 0 fully saturated rings. The van der Waals surface area contributed by atoms with Gasteiger partial charge >= 0.3 is 6.18 Å². The lowest BCUT2D eigenvalue weighted by Crippen LogP contribution is -2.24. The Morgan fingerprint density at radius 1 is 1.21 bits per heavy atom. The molecule has 0 aliphatic rings. The largest absolute Gasteiger partial charge is 0.416 e. The van der Waals surface area contributed by atoms with Gasteiger partial charge in [-0.15, -0.1) is 15.3 Å². The quantitative estimate of drug-likeness (QED) is 0.442. The number of pyridine rings is 1. The fourth-order valence-electron chi connectivity index (χ4n) is 2.63. The van der Waals surface area contributed by atoms with Gasteiger partial charge in [0.15, 0.2) is 5.69 Å². The predicted molar refractivity (Wildman–Crippen MR) is 107 cm³/mol. The Labute approximate surface area is 188 Å². The van der Waals surface area contributed by atoms with Gasteiger partial charge in [-0.3, -0.25) is 14.6 Å². The highest BCUT2D eigenvalue weighted by atomic mass is 32.1. The Morgan fingerprint density at radius 2 is 2.00 bits per heavy atom. The van der Waals surface area contributed by atoms with Crippen LogP contribution in [0.3, 0.4) is 0 Å². The van der Waals surface area contributed by atoms with Crippen molar-refractivity contribution >= 4 is 23.2 Å². The number of amides is 2. The van der Waals surface area contributed by atoms with E-state index < -0.39 is 23.8 Å². The minimum Gasteiger partial charge on any atom is -0.353 e. The topological polar surface area (TPSA) is 128 Å². The maximum Gasteiger partial charge on any atom is 0.416 e. The van der Waals surface area contributed by atoms with Gasteiger partial charge in [0.25, 0.3) is 11.8 Å². The number of nitrogens with one attached hydrogen (secondary N) is 2. The first-order valence-corrected chi connectivity index (χ1v) is 10.4. The van der Waals surface area contributed by atoms with Crippen LogP contribution >= 0.6 is 11.3 Å². The summed E-state index contributed by atoms with van der Waals surface area (Å²) in [6, 6.07) is 1.66. The molecule has 0 radical (unpaired) electrons. The molecule has 10 nitrogen and oxygen atoms in total. The molecule has 0 aromatic carbocycles. The first kappa shape index (κ1) is 24.2. The summed E-state index contributed by atoms with van der Waals surface area (Å²) in [7, 11) is 1.47. The van der Waals surface area contributed by atoms with E-state index in [0.29, 0.717) is 5.01 Å². The lowest BCUT2D eigenvalue weighted by atomic mass is 10.2. The molecule has 0 bridgehead atoms. The van der Waals surface area contributed by atoms with Crippen molar-refractivity contribution in [2.45, 2.75) is 38.3 Å². The van der Waals surface area contributed by atoms with Crippen LogP contribution in [0.15, 0.2) is 24.5 Å². The first-order chi connectivity index (χ1) is 15.7. The van der Waals surface area contributed by atoms with Crippen molar-refractivity contribution in [2.75, 3.05) is 7.05 Å². The van der Waals surface area contributed by atoms with Crippen molar-refractivity contribution in [3.63, 3.8) is 0 Å². The fraction of sp³-hybridized carbons (Fsp3) is 0.389. The highest BCUT2D eigenvalue weighted by molar-refractivity contribution is 7.13. The molecule has 0 aliphatic carbocycles. The average molecular weight is 486 g/mol. The standard InChI is InChI=1S/C18H18F4N8O2S/c1-23-16(32)17-28-27-14(33-17)3-2-11(19)8-30-9-13(26-29-30)15(31)25-7-12-6-10(4-5-24-12)18(20,21)22/h4-6,9,11H,2-3,7-8H2,1H3,(H,23,32)(H,25,31). The van der Waals surface area contributed by atoms with Gasteiger partial charge in [0.05, 0.1) is 30.5 Å². The lowest BCUT2D eigenvalue weighted by Gasteiger charge is -2.08. The van der Waals surface area contributed by atoms with Gasteiger partial charge < -0.3 is 10.6 Å². The Balaban J connectivity index is 1.48. The van der Waals surface area contributed by atoms with Crippen LogP contribution in [0.1, 0.15) is 43.0 Å². The molecule has 33 heavy (non-hydrogen) atoms. The van der Waals surface area contributed by atoms with Crippen LogP contribution in [0.2, 0.25) is 0 Å². The van der Waals surface area contributed by atoms with Gasteiger partial charge in [0, 0.05) is 19.7 Å². The minimum atomic E-state index is -4.52. The van der Waals surface area contributed by atoms with E-state index in [1.54, 1.807) is 0 Å². The molecule has 2 amide bonds. The molecular formula is C18H18F4N8O2S. The summed E-state index contributed by atoms with van der Waals surface area (Å²) >= 11 is 1.07. The number of aromatic nitrogens is 6. The first-order valence-electron chi connectivity index (χ1n) is 9.54. The van der Waals surface area contributed by atoms with E-state index in [9.17, 15) is 27.2 Å². The number of hydrogen-bond acceptors (Lipinski definition) is 8. The molecule has 3 rings (SSSR count). The summed E-state index contributed by atoms with van der Waals surface area (Å²) in [6.07, 6.45) is -3.26. The third-order valence-electron chi connectivity index (χ3n) is 4.29. The van der Waals surface area contributed by atoms with E-state index in [0.717, 1.165) is 34.3 Å². The number of alkyl halides is 4. The summed E-state index contributed by atoms with van der Waals surface area (Å²) in [5, 5.41) is 20.5. The number of aryl methyl sites for hydroxylation is 1. The van der Waals surface area contributed by atoms with Gasteiger partial charge in [0.2, 0.25) is 5.01 Å². The monoisotopic (exact) mass is 486 g/mol. The van der Waals surface area contributed by atoms with E-state index in [4.69, 9.17) is 0 Å². The van der Waals surface area contributed by atoms with Gasteiger partial charge in [-0.05, 0) is 18.6 Å². The second-order valence-electron chi connectivity index (χ2n) is 6.76. The van der Waals surface area contributed by atoms with Crippen molar-refractivity contribution in [2.24, 2.45) is 0 Å². The highest BCUT2D eigenvalue weighted by Crippen LogP contribution is 2.28. The third-order valence-corrected chi connectivity index (χ3v) is 5.27. The lowest BCUT2D eigenvalue weighted by molar-refractivity contribution is -0.137. The molecule has 3 aromatic heterocycles. The zero-order chi connectivity index (χ0) is 24.0. The van der Waals surface area contributed by atoms with E-state index in [-0.39, 0.29) is 48.2 Å². The molecule has 3 aromatic rings. The molecule has 2 N–H and O–H groups in total. The van der Waals surface area contributed by atoms with Crippen LogP contribution in [0, 0.1) is 0 Å². The molecule has 3 heterocycles. The van der Waals surface area contributed by atoms with Crippen molar-refractivity contribution in [1.82, 2.24) is 40.8 Å². The zero-order valence-electron chi connectivity index (χ0n) is 17.1. The Kier molecular flexibility index (Phi) is 7.63. The summed E-state index contributed by atoms with van der Waals surface area (Å²) in [5.41, 5.74) is -0.973. The molecule has 1 atom stereocenters. The van der Waals surface area contributed by atoms with Crippen LogP contribution in [-0.2, 0) is 25.7 Å². The highest BCUT2D eigenvalue weighted by Gasteiger charge is 2.30. The van der Waals surface area contributed by atoms with Crippen LogP contribution in [-0.4, -0.2) is 55.2 Å². The summed E-state index contributed by atoms with van der Waals surface area (Å²) in [4.78, 5) is 27.4. The van der Waals surface area contributed by atoms with Gasteiger partial charge in [-0.1, -0.05) is 16.6 Å². The molecule has 176 valence electrons. The summed E-state index contributed by atoms with van der Waals surface area (Å²) in [6.45, 7) is -0.419. The molecule has 15 heteroatoms. The van der Waals surface area contributed by atoms with Gasteiger partial charge in [-0.2, -0.15) is 13.2 Å². The van der Waals surface area contributed by atoms with Crippen molar-refractivity contribution in [3.8, 4) is 0 Å². The van der Waals surface area contributed by atoms with E-state index in [2.05, 4.69) is 36.1 Å². The second kappa shape index (κ2) is 10.4. The second-order valence-corrected chi connectivity index (χ2v) is 7.82. The average Bonchev–Trinajstić information content (AvgIpc) is 3.45. The third kappa shape index (κ3) is 6.74. The van der Waals surface area contributed by atoms with Crippen molar-refractivity contribution in [3.05, 3.63) is 51.5 Å². The molecule has 0 saturated heterocycles. The predicted octanol–water partition coefficient (Wildman–Crippen LogP) is 1.80. The molecule has 0 saturated carbocycles. The summed E-state index contributed by atoms with van der Waals surface area (Å²) < 4.78 is 53.7. The minimum absolute atomic E-state index is 0.0191. The van der Waals surface area contributed by atoms with E-state index in [1.165, 1.54) is 13.2 Å². The van der Waals surface area contributed by atoms with Crippen LogP contribution in [0.4, 0.5) is 17.6 Å². The maximum absolute atomic E-state index is 14.3. The molecule has 0 spiro atoms. The van der Waals surface area contributed by atoms with Crippen LogP contribution in [0.5, 0.6) is 0 Å². The molecule has 0 aliphatic heterocycles. The Bertz CT molecular complexity index is 1120. The van der Waals surface area contributed by atoms with Crippen LogP contribution in [0.25, 0.3) is 0 Å². The number of hydrogen-bond donors (Lipinski definition) is 2. The molecular weight excluding hydrogens is 468 g/mol. The van der Waals surface area contributed by atoms with Crippen molar-refractivity contribution in [1.29, 1.82) is 0 Å². The number of carbonyl (C=O) groups excluding carboxylic acids is 2. The normalized spacial score (nSPS) is 12.4. The van der Waals surface area contributed by atoms with Crippen molar-refractivity contribution < 1.29 is 27.2 Å². The zero-order valence-corrected chi connectivity index (χ0v) is 18.0. The number of halogens is 4. The Morgan fingerprint density at radius 3 is 2.73 bits per heavy atom. The van der Waals surface area contributed by atoms with Gasteiger partial charge in [-0.25, -0.2) is 9.07 Å². The fourth-order valence-corrected chi connectivity index (χ4v) is 3.43. The number of nitrogens with zero attached hydrogens (tertiary/aromatic N) is 6. The number of rotatable bonds is 9. The molecule has 1 unspecified atom stereocenters. The number of carbonyl (C=O) groups is 2. The van der Waals surface area contributed by atoms with E-state index in [1.807, 2.05) is 0 Å². The maximum atomic E-state index is 14.3. The van der Waals surface area contributed by atoms with Gasteiger partial charge in [0.1, 0.15) is 11.2 Å². The smallest absolute Gasteiger partial charge is 0.353 e. The summed E-state index contributed by atoms with van der Waals surface area (Å²) in [5.74, 6) is -1.06. The SMILES string of the molecule is CNC(=O)c1nnc(CCC(F)Cn2cc(C(=O)NCc3cc(C(F)(F)F)ccn3)nn2)s1. The van der Waals surface area contributed by atoms with Crippen LogP contribution < -0.4 is 10.6 Å². The van der Waals surface area contributed by atoms with E-state index >= 15 is 0 Å². The Hall–Kier alpha value is -3.49.